The number of nitrogens with zero attached hydrogens (tertiary/aromatic N) is 1. The first-order chi connectivity index (χ1) is 12.7. The third-order valence-electron chi connectivity index (χ3n) is 5.19. The summed E-state index contributed by atoms with van der Waals surface area (Å²) in [5, 5.41) is 0. The lowest BCUT2D eigenvalue weighted by molar-refractivity contribution is 0.158. The topological polar surface area (TPSA) is 12.5 Å². The number of ether oxygens (including phenoxy) is 1. The van der Waals surface area contributed by atoms with Crippen molar-refractivity contribution >= 4 is 11.8 Å². The Morgan fingerprint density at radius 2 is 1.88 bits per heavy atom. The van der Waals surface area contributed by atoms with Gasteiger partial charge in [-0.15, -0.1) is 0 Å². The van der Waals surface area contributed by atoms with Gasteiger partial charge in [-0.05, 0) is 59.4 Å². The number of benzene rings is 2. The van der Waals surface area contributed by atoms with E-state index in [2.05, 4.69) is 35.4 Å². The van der Waals surface area contributed by atoms with E-state index in [1.165, 1.54) is 24.0 Å². The van der Waals surface area contributed by atoms with Crippen LogP contribution < -0.4 is 4.74 Å². The van der Waals surface area contributed by atoms with Crippen molar-refractivity contribution in [2.75, 3.05) is 19.4 Å². The second kappa shape index (κ2) is 8.01. The second-order valence-corrected chi connectivity index (χ2v) is 8.37. The molecular weight excluding hydrogens is 345 g/mol. The zero-order valence-electron chi connectivity index (χ0n) is 15.3. The highest BCUT2D eigenvalue weighted by Gasteiger charge is 2.26. The van der Waals surface area contributed by atoms with E-state index in [0.29, 0.717) is 12.5 Å². The molecule has 1 aliphatic heterocycles. The maximum atomic E-state index is 14.8. The first kappa shape index (κ1) is 17.9. The minimum Gasteiger partial charge on any atom is -0.493 e. The Bertz CT molecular complexity index is 744. The van der Waals surface area contributed by atoms with Crippen molar-refractivity contribution in [1.29, 1.82) is 0 Å². The van der Waals surface area contributed by atoms with E-state index in [-0.39, 0.29) is 0 Å². The molecular formula is C22H26FNOS. The Labute approximate surface area is 159 Å². The van der Waals surface area contributed by atoms with Gasteiger partial charge in [-0.2, -0.15) is 11.8 Å². The number of fused-ring (bicyclic) bond motifs is 1. The average molecular weight is 372 g/mol. The van der Waals surface area contributed by atoms with E-state index in [0.717, 1.165) is 42.3 Å². The first-order valence-corrected chi connectivity index (χ1v) is 10.8. The Morgan fingerprint density at radius 3 is 2.62 bits per heavy atom. The van der Waals surface area contributed by atoms with Gasteiger partial charge in [0.1, 0.15) is 11.9 Å². The van der Waals surface area contributed by atoms with Crippen molar-refractivity contribution in [3.63, 3.8) is 0 Å². The maximum absolute atomic E-state index is 14.8. The maximum Gasteiger partial charge on any atom is 0.138 e. The lowest BCUT2D eigenvalue weighted by atomic mass is 9.97. The van der Waals surface area contributed by atoms with Gasteiger partial charge in [0.25, 0.3) is 0 Å². The minimum absolute atomic E-state index is 0.450. The smallest absolute Gasteiger partial charge is 0.138 e. The fourth-order valence-corrected chi connectivity index (χ4v) is 4.04. The molecule has 1 atom stereocenters. The van der Waals surface area contributed by atoms with Gasteiger partial charge < -0.3 is 4.74 Å². The van der Waals surface area contributed by atoms with Crippen LogP contribution in [-0.4, -0.2) is 24.3 Å². The van der Waals surface area contributed by atoms with Crippen LogP contribution in [0.1, 0.15) is 41.3 Å². The summed E-state index contributed by atoms with van der Waals surface area (Å²) in [6, 6.07) is 14.6. The summed E-state index contributed by atoms with van der Waals surface area (Å²) in [5.41, 5.74) is 4.48. The van der Waals surface area contributed by atoms with Crippen LogP contribution in [-0.2, 0) is 18.8 Å². The standard InChI is InChI=1S/C22H26FNOS/c1-26-15-18-6-2-16(3-7-18)11-24-12-19-8-9-20(25-14-17-4-5-17)10-21(19)22(23)13-24/h2-3,6-10,17,22H,4-5,11-15H2,1H3. The van der Waals surface area contributed by atoms with Crippen LogP contribution in [0.2, 0.25) is 0 Å². The van der Waals surface area contributed by atoms with Gasteiger partial charge >= 0.3 is 0 Å². The Hall–Kier alpha value is -1.52. The number of hydrogen-bond donors (Lipinski definition) is 0. The highest BCUT2D eigenvalue weighted by Crippen LogP contribution is 2.34. The minimum atomic E-state index is -0.945. The summed E-state index contributed by atoms with van der Waals surface area (Å²) < 4.78 is 20.6. The molecule has 4 rings (SSSR count). The molecule has 2 aromatic rings. The molecule has 4 heteroatoms. The highest BCUT2D eigenvalue weighted by molar-refractivity contribution is 7.97. The third kappa shape index (κ3) is 4.41. The number of alkyl halides is 1. The molecule has 0 saturated heterocycles. The predicted molar refractivity (Wildman–Crippen MR) is 106 cm³/mol. The monoisotopic (exact) mass is 371 g/mol. The van der Waals surface area contributed by atoms with Crippen LogP contribution in [0.4, 0.5) is 4.39 Å². The molecule has 0 aromatic heterocycles. The van der Waals surface area contributed by atoms with Crippen molar-refractivity contribution in [2.24, 2.45) is 5.92 Å². The largest absolute Gasteiger partial charge is 0.493 e. The van der Waals surface area contributed by atoms with Gasteiger partial charge in [0.2, 0.25) is 0 Å². The normalized spacial score (nSPS) is 20.0. The number of halogens is 1. The molecule has 138 valence electrons. The Kier molecular flexibility index (Phi) is 5.51. The molecule has 1 unspecified atom stereocenters. The van der Waals surface area contributed by atoms with Crippen molar-refractivity contribution in [3.8, 4) is 5.75 Å². The van der Waals surface area contributed by atoms with Crippen LogP contribution in [0.25, 0.3) is 0 Å². The summed E-state index contributed by atoms with van der Waals surface area (Å²) in [5.74, 6) is 2.57. The fourth-order valence-electron chi connectivity index (χ4n) is 3.51. The third-order valence-corrected chi connectivity index (χ3v) is 5.81. The average Bonchev–Trinajstić information content (AvgIpc) is 3.47. The SMILES string of the molecule is CSCc1ccc(CN2Cc3ccc(OCC4CC4)cc3C(F)C2)cc1. The summed E-state index contributed by atoms with van der Waals surface area (Å²) in [6.07, 6.45) is 3.70. The molecule has 0 N–H and O–H groups in total. The Balaban J connectivity index is 1.40. The van der Waals surface area contributed by atoms with Crippen LogP contribution in [0, 0.1) is 5.92 Å². The molecule has 2 aliphatic rings. The molecule has 1 saturated carbocycles. The summed E-state index contributed by atoms with van der Waals surface area (Å²) in [4.78, 5) is 2.20. The quantitative estimate of drug-likeness (QED) is 0.650. The van der Waals surface area contributed by atoms with Crippen LogP contribution in [0.5, 0.6) is 5.75 Å². The van der Waals surface area contributed by atoms with Crippen molar-refractivity contribution in [1.82, 2.24) is 4.90 Å². The van der Waals surface area contributed by atoms with Crippen LogP contribution >= 0.6 is 11.8 Å². The van der Waals surface area contributed by atoms with Crippen LogP contribution in [0.3, 0.4) is 0 Å². The van der Waals surface area contributed by atoms with E-state index >= 15 is 0 Å². The lowest BCUT2D eigenvalue weighted by Crippen LogP contribution is -2.31. The van der Waals surface area contributed by atoms with E-state index < -0.39 is 6.17 Å². The van der Waals surface area contributed by atoms with Gasteiger partial charge in [0.15, 0.2) is 0 Å². The van der Waals surface area contributed by atoms with Gasteiger partial charge in [-0.3, -0.25) is 4.90 Å². The van der Waals surface area contributed by atoms with Crippen molar-refractivity contribution in [2.45, 2.75) is 37.9 Å². The summed E-state index contributed by atoms with van der Waals surface area (Å²) >= 11 is 1.83. The van der Waals surface area contributed by atoms with Crippen molar-refractivity contribution in [3.05, 3.63) is 64.7 Å². The van der Waals surface area contributed by atoms with Crippen molar-refractivity contribution < 1.29 is 9.13 Å². The zero-order valence-corrected chi connectivity index (χ0v) is 16.1. The number of thioether (sulfide) groups is 1. The first-order valence-electron chi connectivity index (χ1n) is 9.40. The van der Waals surface area contributed by atoms with E-state index in [4.69, 9.17) is 4.74 Å². The molecule has 1 fully saturated rings. The fraction of sp³-hybridized carbons (Fsp3) is 0.455. The molecule has 0 bridgehead atoms. The summed E-state index contributed by atoms with van der Waals surface area (Å²) in [6.45, 7) is 2.81. The molecule has 1 aliphatic carbocycles. The van der Waals surface area contributed by atoms with Gasteiger partial charge in [0.05, 0.1) is 6.61 Å². The molecule has 1 heterocycles. The summed E-state index contributed by atoms with van der Waals surface area (Å²) in [7, 11) is 0. The highest BCUT2D eigenvalue weighted by atomic mass is 32.2. The molecule has 0 radical (unpaired) electrons. The number of hydrogen-bond acceptors (Lipinski definition) is 3. The lowest BCUT2D eigenvalue weighted by Gasteiger charge is -2.31. The second-order valence-electron chi connectivity index (χ2n) is 7.50. The molecule has 0 spiro atoms. The Morgan fingerprint density at radius 1 is 1.12 bits per heavy atom. The molecule has 26 heavy (non-hydrogen) atoms. The van der Waals surface area contributed by atoms with E-state index in [1.807, 2.05) is 30.0 Å². The van der Waals surface area contributed by atoms with E-state index in [1.54, 1.807) is 0 Å². The van der Waals surface area contributed by atoms with Crippen LogP contribution in [0.15, 0.2) is 42.5 Å². The van der Waals surface area contributed by atoms with Gasteiger partial charge in [0, 0.05) is 25.4 Å². The van der Waals surface area contributed by atoms with Gasteiger partial charge in [-0.25, -0.2) is 4.39 Å². The molecule has 2 aromatic carbocycles. The predicted octanol–water partition coefficient (Wildman–Crippen LogP) is 5.36. The van der Waals surface area contributed by atoms with E-state index in [9.17, 15) is 4.39 Å². The molecule has 0 amide bonds. The zero-order chi connectivity index (χ0) is 17.9. The molecule has 2 nitrogen and oxygen atoms in total. The number of rotatable bonds is 7. The van der Waals surface area contributed by atoms with Gasteiger partial charge in [-0.1, -0.05) is 30.3 Å².